The van der Waals surface area contributed by atoms with E-state index in [1.165, 1.54) is 24.3 Å². The Labute approximate surface area is 101 Å². The van der Waals surface area contributed by atoms with Crippen molar-refractivity contribution in [1.82, 2.24) is 0 Å². The summed E-state index contributed by atoms with van der Waals surface area (Å²) in [6.45, 7) is 0. The van der Waals surface area contributed by atoms with Crippen LogP contribution >= 0.6 is 0 Å². The third-order valence-corrected chi connectivity index (χ3v) is 2.61. The molecule has 1 heterocycles. The zero-order chi connectivity index (χ0) is 12.7. The van der Waals surface area contributed by atoms with Gasteiger partial charge in [-0.2, -0.15) is 0 Å². The fraction of sp³-hybridized carbons (Fsp3) is 0. The van der Waals surface area contributed by atoms with Crippen LogP contribution in [0, 0.1) is 17.5 Å². The molecule has 2 aromatic rings. The van der Waals surface area contributed by atoms with Gasteiger partial charge in [0.15, 0.2) is 23.2 Å². The van der Waals surface area contributed by atoms with Gasteiger partial charge >= 0.3 is 7.12 Å². The zero-order valence-corrected chi connectivity index (χ0v) is 8.99. The van der Waals surface area contributed by atoms with E-state index in [1.54, 1.807) is 0 Å². The summed E-state index contributed by atoms with van der Waals surface area (Å²) in [4.78, 5) is 0. The Morgan fingerprint density at radius 3 is 2.39 bits per heavy atom. The highest BCUT2D eigenvalue weighted by Crippen LogP contribution is 2.35. The third kappa shape index (κ3) is 1.70. The monoisotopic (exact) mass is 250 g/mol. The minimum atomic E-state index is -1.00. The molecule has 1 aliphatic heterocycles. The molecule has 1 aliphatic rings. The number of benzene rings is 2. The van der Waals surface area contributed by atoms with Crippen molar-refractivity contribution in [2.75, 3.05) is 0 Å². The van der Waals surface area contributed by atoms with Crippen LogP contribution in [0.3, 0.4) is 0 Å². The number of rotatable bonds is 1. The predicted molar refractivity (Wildman–Crippen MR) is 59.4 cm³/mol. The summed E-state index contributed by atoms with van der Waals surface area (Å²) in [5.74, 6) is -2.30. The van der Waals surface area contributed by atoms with E-state index in [4.69, 9.17) is 9.31 Å². The maximum atomic E-state index is 13.4. The molecular formula is C12H6BF3O2. The van der Waals surface area contributed by atoms with E-state index in [1.807, 2.05) is 0 Å². The summed E-state index contributed by atoms with van der Waals surface area (Å²) in [7, 11) is -0.966. The molecule has 0 amide bonds. The minimum Gasteiger partial charge on any atom is -0.519 e. The number of para-hydroxylation sites is 1. The summed E-state index contributed by atoms with van der Waals surface area (Å²) < 4.78 is 49.8. The second kappa shape index (κ2) is 3.98. The molecule has 0 spiro atoms. The van der Waals surface area contributed by atoms with Gasteiger partial charge in [0.05, 0.1) is 0 Å². The molecule has 0 N–H and O–H groups in total. The Balaban J connectivity index is 1.94. The van der Waals surface area contributed by atoms with Gasteiger partial charge < -0.3 is 9.31 Å². The van der Waals surface area contributed by atoms with Crippen LogP contribution in [-0.2, 0) is 0 Å². The van der Waals surface area contributed by atoms with Crippen molar-refractivity contribution in [2.24, 2.45) is 0 Å². The molecule has 3 rings (SSSR count). The highest BCUT2D eigenvalue weighted by atomic mass is 19.2. The van der Waals surface area contributed by atoms with Crippen LogP contribution in [0.5, 0.6) is 11.5 Å². The van der Waals surface area contributed by atoms with E-state index in [0.29, 0.717) is 0 Å². The van der Waals surface area contributed by atoms with Crippen molar-refractivity contribution in [1.29, 1.82) is 0 Å². The molecule has 0 bridgehead atoms. The molecule has 0 atom stereocenters. The first-order chi connectivity index (χ1) is 8.65. The van der Waals surface area contributed by atoms with E-state index < -0.39 is 24.6 Å². The molecular weight excluding hydrogens is 244 g/mol. The molecule has 0 fully saturated rings. The van der Waals surface area contributed by atoms with E-state index in [9.17, 15) is 13.2 Å². The van der Waals surface area contributed by atoms with Crippen molar-refractivity contribution in [3.8, 4) is 11.5 Å². The smallest absolute Gasteiger partial charge is 0.519 e. The lowest BCUT2D eigenvalue weighted by molar-refractivity contribution is 0.492. The van der Waals surface area contributed by atoms with Gasteiger partial charge in [0.25, 0.3) is 0 Å². The molecule has 0 unspecified atom stereocenters. The second-order valence-corrected chi connectivity index (χ2v) is 3.81. The number of hydrogen-bond donors (Lipinski definition) is 0. The summed E-state index contributed by atoms with van der Waals surface area (Å²) in [5, 5.41) is 0. The highest BCUT2D eigenvalue weighted by Gasteiger charge is 2.36. The quantitative estimate of drug-likeness (QED) is 0.723. The third-order valence-electron chi connectivity index (χ3n) is 2.61. The van der Waals surface area contributed by atoms with E-state index in [0.717, 1.165) is 12.1 Å². The predicted octanol–water partition coefficient (Wildman–Crippen LogP) is 2.27. The average Bonchev–Trinajstić information content (AvgIpc) is 2.78. The van der Waals surface area contributed by atoms with Gasteiger partial charge in [-0.25, -0.2) is 13.2 Å². The zero-order valence-electron chi connectivity index (χ0n) is 8.99. The topological polar surface area (TPSA) is 18.5 Å². The molecule has 0 saturated heterocycles. The summed E-state index contributed by atoms with van der Waals surface area (Å²) in [5.41, 5.74) is 0.282. The highest BCUT2D eigenvalue weighted by molar-refractivity contribution is 6.63. The Kier molecular flexibility index (Phi) is 2.43. The van der Waals surface area contributed by atoms with Crippen molar-refractivity contribution in [3.05, 3.63) is 53.8 Å². The van der Waals surface area contributed by atoms with Gasteiger partial charge in [0.2, 0.25) is 0 Å². The lowest BCUT2D eigenvalue weighted by atomic mass is 9.79. The maximum Gasteiger partial charge on any atom is 0.632 e. The van der Waals surface area contributed by atoms with E-state index in [-0.39, 0.29) is 17.0 Å². The lowest BCUT2D eigenvalue weighted by Crippen LogP contribution is -2.39. The minimum absolute atomic E-state index is 0.0211. The summed E-state index contributed by atoms with van der Waals surface area (Å²) >= 11 is 0. The van der Waals surface area contributed by atoms with Crippen molar-refractivity contribution < 1.29 is 22.5 Å². The van der Waals surface area contributed by atoms with Gasteiger partial charge in [-0.1, -0.05) is 12.1 Å². The Morgan fingerprint density at radius 1 is 0.833 bits per heavy atom. The van der Waals surface area contributed by atoms with E-state index in [2.05, 4.69) is 0 Å². The second-order valence-electron chi connectivity index (χ2n) is 3.81. The van der Waals surface area contributed by atoms with Gasteiger partial charge in [0.1, 0.15) is 5.75 Å². The molecule has 2 nitrogen and oxygen atoms in total. The largest absolute Gasteiger partial charge is 0.632 e. The number of halogens is 3. The van der Waals surface area contributed by atoms with Crippen LogP contribution < -0.4 is 14.8 Å². The molecule has 0 radical (unpaired) electrons. The first-order valence-corrected chi connectivity index (χ1v) is 5.22. The SMILES string of the molecule is Fc1ccc(B2Oc3cccc(F)c3O2)cc1F. The van der Waals surface area contributed by atoms with Crippen LogP contribution in [0.25, 0.3) is 0 Å². The molecule has 90 valence electrons. The summed E-state index contributed by atoms with van der Waals surface area (Å²) in [6.07, 6.45) is 0. The lowest BCUT2D eigenvalue weighted by Gasteiger charge is -2.04. The fourth-order valence-corrected chi connectivity index (χ4v) is 1.74. The molecule has 6 heteroatoms. The van der Waals surface area contributed by atoms with Gasteiger partial charge in [-0.15, -0.1) is 0 Å². The molecule has 0 aromatic heterocycles. The van der Waals surface area contributed by atoms with Crippen LogP contribution in [-0.4, -0.2) is 7.12 Å². The first kappa shape index (κ1) is 11.0. The molecule has 0 aliphatic carbocycles. The van der Waals surface area contributed by atoms with Crippen molar-refractivity contribution >= 4 is 12.6 Å². The Morgan fingerprint density at radius 2 is 1.67 bits per heavy atom. The van der Waals surface area contributed by atoms with E-state index >= 15 is 0 Å². The van der Waals surface area contributed by atoms with Crippen LogP contribution in [0.4, 0.5) is 13.2 Å². The van der Waals surface area contributed by atoms with Crippen LogP contribution in [0.15, 0.2) is 36.4 Å². The van der Waals surface area contributed by atoms with Gasteiger partial charge in [-0.3, -0.25) is 0 Å². The maximum absolute atomic E-state index is 13.4. The Bertz CT molecular complexity index is 618. The Hall–Kier alpha value is -2.11. The molecule has 2 aromatic carbocycles. The number of hydrogen-bond acceptors (Lipinski definition) is 2. The summed E-state index contributed by atoms with van der Waals surface area (Å²) in [6, 6.07) is 7.51. The standard InChI is InChI=1S/C12H6BF3O2/c14-8-5-4-7(6-10(8)16)13-17-11-3-1-2-9(15)12(11)18-13/h1-6H. The van der Waals surface area contributed by atoms with Crippen molar-refractivity contribution in [3.63, 3.8) is 0 Å². The average molecular weight is 250 g/mol. The van der Waals surface area contributed by atoms with Crippen LogP contribution in [0.1, 0.15) is 0 Å². The van der Waals surface area contributed by atoms with Gasteiger partial charge in [0, 0.05) is 5.46 Å². The molecule has 0 saturated carbocycles. The van der Waals surface area contributed by atoms with Crippen molar-refractivity contribution in [2.45, 2.75) is 0 Å². The normalized spacial score (nSPS) is 12.9. The van der Waals surface area contributed by atoms with Crippen LogP contribution in [0.2, 0.25) is 0 Å². The van der Waals surface area contributed by atoms with Gasteiger partial charge in [-0.05, 0) is 24.3 Å². The first-order valence-electron chi connectivity index (χ1n) is 5.22. The number of fused-ring (bicyclic) bond motifs is 1. The molecule has 18 heavy (non-hydrogen) atoms. The fourth-order valence-electron chi connectivity index (χ4n) is 1.74.